The van der Waals surface area contributed by atoms with Crippen molar-refractivity contribution in [2.75, 3.05) is 0 Å². The molecule has 92 valence electrons. The highest BCUT2D eigenvalue weighted by molar-refractivity contribution is 6.09. The van der Waals surface area contributed by atoms with Gasteiger partial charge in [-0.2, -0.15) is 10.2 Å². The van der Waals surface area contributed by atoms with Crippen molar-refractivity contribution < 1.29 is 4.79 Å². The lowest BCUT2D eigenvalue weighted by Gasteiger charge is -2.05. The number of benzene rings is 1. The van der Waals surface area contributed by atoms with Crippen molar-refractivity contribution >= 4 is 5.78 Å². The number of aromatic nitrogens is 2. The van der Waals surface area contributed by atoms with E-state index in [1.165, 1.54) is 5.56 Å². The van der Waals surface area contributed by atoms with Crippen LogP contribution in [-0.2, 0) is 6.42 Å². The van der Waals surface area contributed by atoms with E-state index in [2.05, 4.69) is 17.1 Å². The van der Waals surface area contributed by atoms with Crippen molar-refractivity contribution in [3.63, 3.8) is 0 Å². The zero-order chi connectivity index (χ0) is 13.1. The maximum absolute atomic E-state index is 12.4. The normalized spacial score (nSPS) is 10.4. The van der Waals surface area contributed by atoms with Crippen LogP contribution in [0.2, 0.25) is 0 Å². The summed E-state index contributed by atoms with van der Waals surface area (Å²) in [5, 5.41) is 7.93. The molecule has 0 fully saturated rings. The Hall–Kier alpha value is -2.03. The second-order valence-electron chi connectivity index (χ2n) is 4.36. The summed E-state index contributed by atoms with van der Waals surface area (Å²) < 4.78 is 0. The van der Waals surface area contributed by atoms with Crippen LogP contribution < -0.4 is 0 Å². The van der Waals surface area contributed by atoms with Crippen LogP contribution in [0.3, 0.4) is 0 Å². The average molecular weight is 240 g/mol. The number of rotatable bonds is 3. The third-order valence-corrected chi connectivity index (χ3v) is 2.97. The average Bonchev–Trinajstić information content (AvgIpc) is 2.41. The second-order valence-corrected chi connectivity index (χ2v) is 4.36. The molecule has 1 aromatic carbocycles. The molecule has 0 spiro atoms. The summed E-state index contributed by atoms with van der Waals surface area (Å²) in [7, 11) is 0. The second kappa shape index (κ2) is 5.08. The Bertz CT molecular complexity index is 574. The molecule has 3 nitrogen and oxygen atoms in total. The largest absolute Gasteiger partial charge is 0.289 e. The summed E-state index contributed by atoms with van der Waals surface area (Å²) in [6, 6.07) is 9.51. The molecule has 0 aliphatic rings. The molecule has 0 amide bonds. The van der Waals surface area contributed by atoms with E-state index in [1.807, 2.05) is 31.2 Å². The van der Waals surface area contributed by atoms with Gasteiger partial charge in [0.25, 0.3) is 0 Å². The number of aryl methyl sites for hydroxylation is 3. The van der Waals surface area contributed by atoms with Gasteiger partial charge in [0.05, 0.1) is 11.4 Å². The van der Waals surface area contributed by atoms with Crippen LogP contribution in [0.5, 0.6) is 0 Å². The summed E-state index contributed by atoms with van der Waals surface area (Å²) >= 11 is 0. The van der Waals surface area contributed by atoms with Crippen LogP contribution in [-0.4, -0.2) is 16.0 Å². The summed E-state index contributed by atoms with van der Waals surface area (Å²) in [5.74, 6) is 0.00755. The maximum Gasteiger partial charge on any atom is 0.194 e. The van der Waals surface area contributed by atoms with Gasteiger partial charge in [-0.25, -0.2) is 0 Å². The molecular formula is C15H16N2O. The molecule has 1 heterocycles. The molecule has 2 rings (SSSR count). The molecule has 2 aromatic rings. The fourth-order valence-electron chi connectivity index (χ4n) is 1.83. The summed E-state index contributed by atoms with van der Waals surface area (Å²) in [4.78, 5) is 12.4. The van der Waals surface area contributed by atoms with Crippen molar-refractivity contribution in [1.29, 1.82) is 0 Å². The molecule has 0 unspecified atom stereocenters. The molecule has 0 radical (unpaired) electrons. The minimum atomic E-state index is 0.00755. The molecule has 3 heteroatoms. The highest BCUT2D eigenvalue weighted by Crippen LogP contribution is 2.14. The first-order valence-electron chi connectivity index (χ1n) is 6.06. The van der Waals surface area contributed by atoms with Crippen LogP contribution in [0.25, 0.3) is 0 Å². The first-order valence-corrected chi connectivity index (χ1v) is 6.06. The van der Waals surface area contributed by atoms with Crippen LogP contribution in [0.15, 0.2) is 30.3 Å². The molecule has 0 atom stereocenters. The Morgan fingerprint density at radius 3 is 2.39 bits per heavy atom. The van der Waals surface area contributed by atoms with Crippen molar-refractivity contribution in [2.24, 2.45) is 0 Å². The Morgan fingerprint density at radius 1 is 1.11 bits per heavy atom. The SMILES string of the molecule is CCc1ccc(C(=O)c2cc(C)nnc2C)cc1. The first-order chi connectivity index (χ1) is 8.61. The molecule has 0 saturated heterocycles. The van der Waals surface area contributed by atoms with Gasteiger partial charge < -0.3 is 0 Å². The van der Waals surface area contributed by atoms with Gasteiger partial charge >= 0.3 is 0 Å². The van der Waals surface area contributed by atoms with E-state index in [0.717, 1.165) is 12.1 Å². The predicted molar refractivity (Wildman–Crippen MR) is 70.8 cm³/mol. The molecule has 18 heavy (non-hydrogen) atoms. The first kappa shape index (κ1) is 12.4. The van der Waals surface area contributed by atoms with Gasteiger partial charge in [-0.15, -0.1) is 0 Å². The molecule has 0 N–H and O–H groups in total. The Balaban J connectivity index is 2.38. The molecular weight excluding hydrogens is 224 g/mol. The summed E-state index contributed by atoms with van der Waals surface area (Å²) in [6.45, 7) is 5.74. The van der Waals surface area contributed by atoms with Gasteiger partial charge in [0, 0.05) is 11.1 Å². The summed E-state index contributed by atoms with van der Waals surface area (Å²) in [5.41, 5.74) is 3.99. The maximum atomic E-state index is 12.4. The third-order valence-electron chi connectivity index (χ3n) is 2.97. The number of carbonyl (C=O) groups is 1. The number of ketones is 1. The Labute approximate surface area is 107 Å². The quantitative estimate of drug-likeness (QED) is 0.775. The number of hydrogen-bond donors (Lipinski definition) is 0. The highest BCUT2D eigenvalue weighted by atomic mass is 16.1. The van der Waals surface area contributed by atoms with Crippen LogP contribution in [0, 0.1) is 13.8 Å². The fourth-order valence-corrected chi connectivity index (χ4v) is 1.83. The van der Waals surface area contributed by atoms with E-state index in [-0.39, 0.29) is 5.78 Å². The van der Waals surface area contributed by atoms with E-state index in [9.17, 15) is 4.79 Å². The fraction of sp³-hybridized carbons (Fsp3) is 0.267. The molecule has 0 bridgehead atoms. The Kier molecular flexibility index (Phi) is 3.51. The minimum absolute atomic E-state index is 0.00755. The van der Waals surface area contributed by atoms with Crippen LogP contribution in [0.4, 0.5) is 0 Å². The third kappa shape index (κ3) is 2.45. The van der Waals surface area contributed by atoms with Crippen LogP contribution >= 0.6 is 0 Å². The van der Waals surface area contributed by atoms with Gasteiger partial charge in [-0.05, 0) is 31.9 Å². The molecule has 0 aliphatic heterocycles. The standard InChI is InChI=1S/C15H16N2O/c1-4-12-5-7-13(8-6-12)15(18)14-9-10(2)16-17-11(14)3/h5-9H,4H2,1-3H3. The minimum Gasteiger partial charge on any atom is -0.289 e. The topological polar surface area (TPSA) is 42.9 Å². The van der Waals surface area contributed by atoms with Crippen LogP contribution in [0.1, 0.15) is 39.8 Å². The van der Waals surface area contributed by atoms with Gasteiger partial charge in [0.15, 0.2) is 5.78 Å². The van der Waals surface area contributed by atoms with Crippen molar-refractivity contribution in [2.45, 2.75) is 27.2 Å². The lowest BCUT2D eigenvalue weighted by atomic mass is 10.0. The predicted octanol–water partition coefficient (Wildman–Crippen LogP) is 2.89. The lowest BCUT2D eigenvalue weighted by Crippen LogP contribution is -2.07. The monoisotopic (exact) mass is 240 g/mol. The van der Waals surface area contributed by atoms with E-state index < -0.39 is 0 Å². The van der Waals surface area contributed by atoms with E-state index >= 15 is 0 Å². The van der Waals surface area contributed by atoms with Gasteiger partial charge in [0.2, 0.25) is 0 Å². The smallest absolute Gasteiger partial charge is 0.194 e. The van der Waals surface area contributed by atoms with E-state index in [4.69, 9.17) is 0 Å². The number of nitrogens with zero attached hydrogens (tertiary/aromatic N) is 2. The highest BCUT2D eigenvalue weighted by Gasteiger charge is 2.13. The lowest BCUT2D eigenvalue weighted by molar-refractivity contribution is 0.103. The number of hydrogen-bond acceptors (Lipinski definition) is 3. The summed E-state index contributed by atoms with van der Waals surface area (Å²) in [6.07, 6.45) is 0.976. The van der Waals surface area contributed by atoms with Gasteiger partial charge in [-0.3, -0.25) is 4.79 Å². The Morgan fingerprint density at radius 2 is 1.78 bits per heavy atom. The molecule has 1 aromatic heterocycles. The van der Waals surface area contributed by atoms with Crippen molar-refractivity contribution in [3.8, 4) is 0 Å². The van der Waals surface area contributed by atoms with Crippen molar-refractivity contribution in [1.82, 2.24) is 10.2 Å². The zero-order valence-electron chi connectivity index (χ0n) is 10.9. The zero-order valence-corrected chi connectivity index (χ0v) is 10.9. The van der Waals surface area contributed by atoms with Gasteiger partial charge in [-0.1, -0.05) is 31.2 Å². The van der Waals surface area contributed by atoms with Crippen molar-refractivity contribution in [3.05, 3.63) is 58.4 Å². The molecule has 0 saturated carbocycles. The molecule has 0 aliphatic carbocycles. The van der Waals surface area contributed by atoms with E-state index in [1.54, 1.807) is 13.0 Å². The van der Waals surface area contributed by atoms with Gasteiger partial charge in [0.1, 0.15) is 0 Å². The van der Waals surface area contributed by atoms with E-state index in [0.29, 0.717) is 16.8 Å². The number of carbonyl (C=O) groups excluding carboxylic acids is 1.